The van der Waals surface area contributed by atoms with Gasteiger partial charge in [-0.15, -0.1) is 0 Å². The third-order valence-corrected chi connectivity index (χ3v) is 2.96. The number of aliphatic hydroxyl groups is 1. The van der Waals surface area contributed by atoms with Crippen LogP contribution in [0.15, 0.2) is 43.1 Å². The van der Waals surface area contributed by atoms with Crippen LogP contribution in [0.1, 0.15) is 17.5 Å². The molecule has 0 radical (unpaired) electrons. The monoisotopic (exact) mass is 255 g/mol. The number of hydrogen-bond donors (Lipinski definition) is 1. The first-order chi connectivity index (χ1) is 9.25. The number of aryl methyl sites for hydroxylation is 1. The topological polar surface area (TPSA) is 68.2 Å². The van der Waals surface area contributed by atoms with Crippen molar-refractivity contribution in [3.05, 3.63) is 54.5 Å². The van der Waals surface area contributed by atoms with Crippen molar-refractivity contribution in [1.29, 1.82) is 0 Å². The molecule has 6 heteroatoms. The molecule has 6 nitrogen and oxygen atoms in total. The molecular weight excluding hydrogens is 242 g/mol. The second kappa shape index (κ2) is 4.66. The second-order valence-electron chi connectivity index (χ2n) is 4.17. The maximum Gasteiger partial charge on any atom is 0.155 e. The minimum Gasteiger partial charge on any atom is -0.383 e. The summed E-state index contributed by atoms with van der Waals surface area (Å²) in [6.07, 6.45) is 11.3. The van der Waals surface area contributed by atoms with E-state index in [4.69, 9.17) is 0 Å². The number of imidazole rings is 1. The van der Waals surface area contributed by atoms with Gasteiger partial charge < -0.3 is 5.11 Å². The number of nitrogens with zero attached hydrogens (tertiary/aromatic N) is 5. The molecule has 0 fully saturated rings. The van der Waals surface area contributed by atoms with Crippen molar-refractivity contribution < 1.29 is 5.11 Å². The third kappa shape index (κ3) is 2.13. The SMILES string of the molecule is Cn1nccc1/C=C/C(O)c1cnc2cnccn12. The maximum absolute atomic E-state index is 10.2. The van der Waals surface area contributed by atoms with Gasteiger partial charge in [0.05, 0.1) is 23.8 Å². The Bertz CT molecular complexity index is 727. The van der Waals surface area contributed by atoms with Crippen molar-refractivity contribution in [2.75, 3.05) is 0 Å². The van der Waals surface area contributed by atoms with Crippen molar-refractivity contribution in [3.63, 3.8) is 0 Å². The smallest absolute Gasteiger partial charge is 0.155 e. The molecule has 0 amide bonds. The first-order valence-corrected chi connectivity index (χ1v) is 5.87. The Kier molecular flexibility index (Phi) is 2.85. The summed E-state index contributed by atoms with van der Waals surface area (Å²) >= 11 is 0. The highest BCUT2D eigenvalue weighted by Crippen LogP contribution is 2.16. The fourth-order valence-electron chi connectivity index (χ4n) is 1.92. The fraction of sp³-hybridized carbons (Fsp3) is 0.154. The average molecular weight is 255 g/mol. The van der Waals surface area contributed by atoms with Crippen LogP contribution in [-0.4, -0.2) is 29.3 Å². The lowest BCUT2D eigenvalue weighted by molar-refractivity contribution is 0.223. The first kappa shape index (κ1) is 11.6. The summed E-state index contributed by atoms with van der Waals surface area (Å²) in [7, 11) is 1.85. The van der Waals surface area contributed by atoms with Crippen LogP contribution in [0, 0.1) is 0 Å². The summed E-state index contributed by atoms with van der Waals surface area (Å²) < 4.78 is 3.55. The standard InChI is InChI=1S/C13H13N5O/c1-17-10(4-5-16-17)2-3-12(19)11-8-15-13-9-14-6-7-18(11)13/h2-9,12,19H,1H3/b3-2+. The van der Waals surface area contributed by atoms with Crippen LogP contribution in [0.5, 0.6) is 0 Å². The summed E-state index contributed by atoms with van der Waals surface area (Å²) in [6.45, 7) is 0. The number of aliphatic hydroxyl groups excluding tert-OH is 1. The lowest BCUT2D eigenvalue weighted by atomic mass is 10.2. The van der Waals surface area contributed by atoms with Gasteiger partial charge in [-0.05, 0) is 18.2 Å². The Morgan fingerprint density at radius 2 is 2.21 bits per heavy atom. The summed E-state index contributed by atoms with van der Waals surface area (Å²) in [5.74, 6) is 0. The van der Waals surface area contributed by atoms with Gasteiger partial charge in [0.1, 0.15) is 6.10 Å². The quantitative estimate of drug-likeness (QED) is 0.763. The summed E-state index contributed by atoms with van der Waals surface area (Å²) in [4.78, 5) is 8.18. The molecule has 0 saturated carbocycles. The number of hydrogen-bond acceptors (Lipinski definition) is 4. The van der Waals surface area contributed by atoms with Gasteiger partial charge in [0.25, 0.3) is 0 Å². The molecule has 3 rings (SSSR count). The molecule has 96 valence electrons. The van der Waals surface area contributed by atoms with Gasteiger partial charge in [-0.25, -0.2) is 4.98 Å². The van der Waals surface area contributed by atoms with Crippen LogP contribution in [0.3, 0.4) is 0 Å². The van der Waals surface area contributed by atoms with Crippen LogP contribution >= 0.6 is 0 Å². The third-order valence-electron chi connectivity index (χ3n) is 2.96. The highest BCUT2D eigenvalue weighted by Gasteiger charge is 2.10. The Balaban J connectivity index is 1.90. The highest BCUT2D eigenvalue weighted by atomic mass is 16.3. The van der Waals surface area contributed by atoms with Crippen molar-refractivity contribution in [2.45, 2.75) is 6.10 Å². The molecule has 0 spiro atoms. The van der Waals surface area contributed by atoms with Crippen LogP contribution < -0.4 is 0 Å². The number of aromatic nitrogens is 5. The van der Waals surface area contributed by atoms with E-state index in [1.165, 1.54) is 0 Å². The molecule has 3 heterocycles. The van der Waals surface area contributed by atoms with Crippen molar-refractivity contribution in [3.8, 4) is 0 Å². The van der Waals surface area contributed by atoms with Gasteiger partial charge in [0.2, 0.25) is 0 Å². The highest BCUT2D eigenvalue weighted by molar-refractivity contribution is 5.46. The largest absolute Gasteiger partial charge is 0.383 e. The lowest BCUT2D eigenvalue weighted by Gasteiger charge is -2.05. The van der Waals surface area contributed by atoms with Gasteiger partial charge in [-0.1, -0.05) is 0 Å². The van der Waals surface area contributed by atoms with E-state index in [2.05, 4.69) is 15.1 Å². The number of rotatable bonds is 3. The van der Waals surface area contributed by atoms with Gasteiger partial charge in [0.15, 0.2) is 5.65 Å². The van der Waals surface area contributed by atoms with E-state index in [1.807, 2.05) is 23.6 Å². The molecule has 3 aromatic heterocycles. The van der Waals surface area contributed by atoms with Crippen LogP contribution in [0.25, 0.3) is 11.7 Å². The minimum absolute atomic E-state index is 0.704. The summed E-state index contributed by atoms with van der Waals surface area (Å²) in [6, 6.07) is 1.88. The molecule has 3 aromatic rings. The van der Waals surface area contributed by atoms with Crippen LogP contribution in [0.2, 0.25) is 0 Å². The maximum atomic E-state index is 10.2. The first-order valence-electron chi connectivity index (χ1n) is 5.87. The molecular formula is C13H13N5O. The molecule has 19 heavy (non-hydrogen) atoms. The lowest BCUT2D eigenvalue weighted by Crippen LogP contribution is -1.99. The zero-order chi connectivity index (χ0) is 13.2. The van der Waals surface area contributed by atoms with E-state index in [0.29, 0.717) is 11.3 Å². The summed E-state index contributed by atoms with van der Waals surface area (Å²) in [5, 5.41) is 14.3. The Labute approximate surface area is 109 Å². The number of fused-ring (bicyclic) bond motifs is 1. The average Bonchev–Trinajstić information content (AvgIpc) is 3.02. The Morgan fingerprint density at radius 1 is 1.32 bits per heavy atom. The zero-order valence-electron chi connectivity index (χ0n) is 10.4. The molecule has 0 aromatic carbocycles. The van der Waals surface area contributed by atoms with Crippen molar-refractivity contribution >= 4 is 11.7 Å². The van der Waals surface area contributed by atoms with E-state index in [0.717, 1.165) is 5.69 Å². The van der Waals surface area contributed by atoms with Crippen LogP contribution in [-0.2, 0) is 7.05 Å². The molecule has 0 aliphatic rings. The van der Waals surface area contributed by atoms with Gasteiger partial charge >= 0.3 is 0 Å². The predicted molar refractivity (Wildman–Crippen MR) is 70.2 cm³/mol. The molecule has 0 bridgehead atoms. The van der Waals surface area contributed by atoms with Gasteiger partial charge in [-0.2, -0.15) is 5.10 Å². The van der Waals surface area contributed by atoms with E-state index >= 15 is 0 Å². The molecule has 0 aliphatic heterocycles. The van der Waals surface area contributed by atoms with E-state index < -0.39 is 6.10 Å². The zero-order valence-corrected chi connectivity index (χ0v) is 10.4. The van der Waals surface area contributed by atoms with Gasteiger partial charge in [0, 0.05) is 25.6 Å². The molecule has 0 saturated heterocycles. The van der Waals surface area contributed by atoms with E-state index in [1.54, 1.807) is 41.7 Å². The molecule has 1 N–H and O–H groups in total. The second-order valence-corrected chi connectivity index (χ2v) is 4.17. The van der Waals surface area contributed by atoms with Crippen LogP contribution in [0.4, 0.5) is 0 Å². The summed E-state index contributed by atoms with van der Waals surface area (Å²) in [5.41, 5.74) is 2.34. The predicted octanol–water partition coefficient (Wildman–Crippen LogP) is 1.21. The van der Waals surface area contributed by atoms with E-state index in [9.17, 15) is 5.11 Å². The Morgan fingerprint density at radius 3 is 3.00 bits per heavy atom. The molecule has 1 atom stereocenters. The molecule has 0 aliphatic carbocycles. The normalized spacial score (nSPS) is 13.4. The Hall–Kier alpha value is -2.47. The molecule has 1 unspecified atom stereocenters. The fourth-order valence-corrected chi connectivity index (χ4v) is 1.92. The minimum atomic E-state index is -0.729. The van der Waals surface area contributed by atoms with Crippen molar-refractivity contribution in [1.82, 2.24) is 24.1 Å². The van der Waals surface area contributed by atoms with E-state index in [-0.39, 0.29) is 0 Å². The van der Waals surface area contributed by atoms with Gasteiger partial charge in [-0.3, -0.25) is 14.1 Å². The van der Waals surface area contributed by atoms with Crippen molar-refractivity contribution in [2.24, 2.45) is 7.05 Å².